The van der Waals surface area contributed by atoms with Gasteiger partial charge in [-0.2, -0.15) is 0 Å². The zero-order valence-electron chi connectivity index (χ0n) is 10.2. The molecule has 3 heteroatoms. The van der Waals surface area contributed by atoms with Gasteiger partial charge in [-0.05, 0) is 36.6 Å². The Morgan fingerprint density at radius 2 is 2.31 bits per heavy atom. The molecule has 0 bridgehead atoms. The fourth-order valence-electron chi connectivity index (χ4n) is 1.47. The van der Waals surface area contributed by atoms with Crippen molar-refractivity contribution in [3.8, 4) is 0 Å². The molecule has 0 aliphatic carbocycles. The predicted molar refractivity (Wildman–Crippen MR) is 69.7 cm³/mol. The molecule has 0 aromatic carbocycles. The van der Waals surface area contributed by atoms with Gasteiger partial charge in [0.2, 0.25) is 5.91 Å². The summed E-state index contributed by atoms with van der Waals surface area (Å²) in [7, 11) is 0. The lowest BCUT2D eigenvalue weighted by molar-refractivity contribution is -0.121. The Morgan fingerprint density at radius 1 is 1.50 bits per heavy atom. The topological polar surface area (TPSA) is 29.1 Å². The smallest absolute Gasteiger partial charge is 0.220 e. The highest BCUT2D eigenvalue weighted by Gasteiger charge is 2.02. The lowest BCUT2D eigenvalue weighted by atomic mass is 10.1. The molecule has 1 aromatic heterocycles. The summed E-state index contributed by atoms with van der Waals surface area (Å²) >= 11 is 1.76. The van der Waals surface area contributed by atoms with Crippen molar-refractivity contribution in [2.45, 2.75) is 39.5 Å². The van der Waals surface area contributed by atoms with E-state index in [1.54, 1.807) is 11.3 Å². The first kappa shape index (κ1) is 13.2. The van der Waals surface area contributed by atoms with Gasteiger partial charge in [-0.25, -0.2) is 0 Å². The van der Waals surface area contributed by atoms with Crippen LogP contribution in [0.3, 0.4) is 0 Å². The van der Waals surface area contributed by atoms with E-state index >= 15 is 0 Å². The van der Waals surface area contributed by atoms with E-state index in [1.165, 1.54) is 4.88 Å². The number of thiophene rings is 1. The maximum absolute atomic E-state index is 11.4. The Labute approximate surface area is 102 Å². The Balaban J connectivity index is 2.02. The van der Waals surface area contributed by atoms with Gasteiger partial charge < -0.3 is 5.32 Å². The molecule has 0 saturated carbocycles. The molecular formula is C13H21NOS. The van der Waals surface area contributed by atoms with E-state index in [9.17, 15) is 4.79 Å². The van der Waals surface area contributed by atoms with Gasteiger partial charge in [0.15, 0.2) is 0 Å². The molecule has 0 spiro atoms. The number of amides is 1. The number of hydrogen-bond acceptors (Lipinski definition) is 2. The van der Waals surface area contributed by atoms with E-state index in [1.807, 2.05) is 0 Å². The second-order valence-corrected chi connectivity index (χ2v) is 5.50. The first-order chi connectivity index (χ1) is 7.68. The number of carbonyl (C=O) groups is 1. The summed E-state index contributed by atoms with van der Waals surface area (Å²) in [5.41, 5.74) is 0. The van der Waals surface area contributed by atoms with Crippen molar-refractivity contribution in [2.75, 3.05) is 6.54 Å². The van der Waals surface area contributed by atoms with Gasteiger partial charge in [0.1, 0.15) is 0 Å². The Morgan fingerprint density at radius 3 is 2.94 bits per heavy atom. The molecule has 0 radical (unpaired) electrons. The summed E-state index contributed by atoms with van der Waals surface area (Å²) in [6.45, 7) is 5.15. The number of hydrogen-bond donors (Lipinski definition) is 1. The van der Waals surface area contributed by atoms with Crippen molar-refractivity contribution in [2.24, 2.45) is 5.92 Å². The van der Waals surface area contributed by atoms with E-state index in [0.717, 1.165) is 25.8 Å². The van der Waals surface area contributed by atoms with Crippen LogP contribution in [0.1, 0.15) is 38.0 Å². The molecule has 16 heavy (non-hydrogen) atoms. The van der Waals surface area contributed by atoms with Gasteiger partial charge in [-0.15, -0.1) is 11.3 Å². The quantitative estimate of drug-likeness (QED) is 0.777. The highest BCUT2D eigenvalue weighted by molar-refractivity contribution is 7.09. The molecule has 0 atom stereocenters. The molecule has 1 amide bonds. The van der Waals surface area contributed by atoms with Gasteiger partial charge in [-0.1, -0.05) is 19.9 Å². The van der Waals surface area contributed by atoms with Gasteiger partial charge in [0.25, 0.3) is 0 Å². The maximum Gasteiger partial charge on any atom is 0.220 e. The average Bonchev–Trinajstić information content (AvgIpc) is 2.70. The summed E-state index contributed by atoms with van der Waals surface area (Å²) in [6, 6.07) is 4.18. The third kappa shape index (κ3) is 5.91. The summed E-state index contributed by atoms with van der Waals surface area (Å²) in [5, 5.41) is 5.04. The van der Waals surface area contributed by atoms with Crippen LogP contribution < -0.4 is 5.32 Å². The molecule has 0 aliphatic heterocycles. The molecule has 0 aliphatic rings. The Kier molecular flexibility index (Phi) is 6.16. The summed E-state index contributed by atoms with van der Waals surface area (Å²) in [5.74, 6) is 0.851. The zero-order valence-corrected chi connectivity index (χ0v) is 11.0. The van der Waals surface area contributed by atoms with Crippen molar-refractivity contribution in [1.29, 1.82) is 0 Å². The van der Waals surface area contributed by atoms with Crippen LogP contribution >= 0.6 is 11.3 Å². The minimum Gasteiger partial charge on any atom is -0.356 e. The van der Waals surface area contributed by atoms with Crippen LogP contribution in [0.25, 0.3) is 0 Å². The molecule has 1 rings (SSSR count). The standard InChI is InChI=1S/C13H21NOS/c1-11(2)8-9-14-13(15)7-3-5-12-6-4-10-16-12/h4,6,10-11H,3,5,7-9H2,1-2H3,(H,14,15). The minimum atomic E-state index is 0.192. The molecule has 90 valence electrons. The highest BCUT2D eigenvalue weighted by Crippen LogP contribution is 2.11. The summed E-state index contributed by atoms with van der Waals surface area (Å²) < 4.78 is 0. The van der Waals surface area contributed by atoms with Crippen LogP contribution in [-0.2, 0) is 11.2 Å². The third-order valence-electron chi connectivity index (χ3n) is 2.45. The van der Waals surface area contributed by atoms with E-state index in [2.05, 4.69) is 36.7 Å². The van der Waals surface area contributed by atoms with E-state index < -0.39 is 0 Å². The second-order valence-electron chi connectivity index (χ2n) is 4.47. The monoisotopic (exact) mass is 239 g/mol. The predicted octanol–water partition coefficient (Wildman–Crippen LogP) is 3.23. The van der Waals surface area contributed by atoms with Gasteiger partial charge in [0.05, 0.1) is 0 Å². The van der Waals surface area contributed by atoms with Gasteiger partial charge in [-0.3, -0.25) is 4.79 Å². The normalized spacial score (nSPS) is 10.7. The third-order valence-corrected chi connectivity index (χ3v) is 3.39. The van der Waals surface area contributed by atoms with Crippen LogP contribution in [-0.4, -0.2) is 12.5 Å². The van der Waals surface area contributed by atoms with Gasteiger partial charge >= 0.3 is 0 Å². The minimum absolute atomic E-state index is 0.192. The van der Waals surface area contributed by atoms with E-state index in [0.29, 0.717) is 12.3 Å². The second kappa shape index (κ2) is 7.44. The molecule has 0 fully saturated rings. The van der Waals surface area contributed by atoms with Crippen molar-refractivity contribution in [1.82, 2.24) is 5.32 Å². The zero-order chi connectivity index (χ0) is 11.8. The molecule has 0 unspecified atom stereocenters. The fourth-order valence-corrected chi connectivity index (χ4v) is 2.22. The van der Waals surface area contributed by atoms with Crippen molar-refractivity contribution >= 4 is 17.2 Å². The van der Waals surface area contributed by atoms with Crippen LogP contribution in [0.15, 0.2) is 17.5 Å². The average molecular weight is 239 g/mol. The Bertz CT molecular complexity index is 293. The lowest BCUT2D eigenvalue weighted by Crippen LogP contribution is -2.25. The number of carbonyl (C=O) groups excluding carboxylic acids is 1. The molecule has 0 saturated heterocycles. The van der Waals surface area contributed by atoms with Crippen LogP contribution in [0, 0.1) is 5.92 Å². The maximum atomic E-state index is 11.4. The highest BCUT2D eigenvalue weighted by atomic mass is 32.1. The summed E-state index contributed by atoms with van der Waals surface area (Å²) in [4.78, 5) is 12.8. The molecule has 1 heterocycles. The lowest BCUT2D eigenvalue weighted by Gasteiger charge is -2.06. The van der Waals surface area contributed by atoms with Gasteiger partial charge in [0, 0.05) is 17.8 Å². The number of nitrogens with one attached hydrogen (secondary N) is 1. The SMILES string of the molecule is CC(C)CCNC(=O)CCCc1cccs1. The van der Waals surface area contributed by atoms with Crippen LogP contribution in [0.4, 0.5) is 0 Å². The van der Waals surface area contributed by atoms with E-state index in [4.69, 9.17) is 0 Å². The number of aryl methyl sites for hydroxylation is 1. The summed E-state index contributed by atoms with van der Waals surface area (Å²) in [6.07, 6.45) is 3.69. The largest absolute Gasteiger partial charge is 0.356 e. The Hall–Kier alpha value is -0.830. The van der Waals surface area contributed by atoms with Crippen LogP contribution in [0.2, 0.25) is 0 Å². The van der Waals surface area contributed by atoms with Crippen molar-refractivity contribution in [3.63, 3.8) is 0 Å². The number of rotatable bonds is 7. The first-order valence-corrected chi connectivity index (χ1v) is 6.85. The molecule has 1 N–H and O–H groups in total. The van der Waals surface area contributed by atoms with E-state index in [-0.39, 0.29) is 5.91 Å². The molecule has 2 nitrogen and oxygen atoms in total. The fraction of sp³-hybridized carbons (Fsp3) is 0.615. The van der Waals surface area contributed by atoms with Crippen LogP contribution in [0.5, 0.6) is 0 Å². The van der Waals surface area contributed by atoms with Crippen molar-refractivity contribution in [3.05, 3.63) is 22.4 Å². The molecular weight excluding hydrogens is 218 g/mol. The molecule has 1 aromatic rings. The van der Waals surface area contributed by atoms with Crippen molar-refractivity contribution < 1.29 is 4.79 Å². The first-order valence-electron chi connectivity index (χ1n) is 5.97.